The number of imidazole rings is 2. The predicted octanol–water partition coefficient (Wildman–Crippen LogP) is 4.85. The monoisotopic (exact) mass is 429 g/mol. The van der Waals surface area contributed by atoms with E-state index >= 15 is 0 Å². The Hall–Kier alpha value is -3.04. The number of aromatic nitrogens is 4. The molecule has 2 heterocycles. The van der Waals surface area contributed by atoms with Gasteiger partial charge in [-0.15, -0.1) is 0 Å². The molecule has 0 atom stereocenters. The number of nitrogens with zero attached hydrogens (tertiary/aromatic N) is 5. The van der Waals surface area contributed by atoms with Crippen molar-refractivity contribution in [2.45, 2.75) is 19.8 Å². The molecular formula is C21H21F2N5OS. The van der Waals surface area contributed by atoms with Gasteiger partial charge in [-0.2, -0.15) is 8.78 Å². The van der Waals surface area contributed by atoms with E-state index in [1.54, 1.807) is 31.4 Å². The van der Waals surface area contributed by atoms with Crippen LogP contribution in [0.15, 0.2) is 60.9 Å². The summed E-state index contributed by atoms with van der Waals surface area (Å²) in [5, 5.41) is 0. The third kappa shape index (κ3) is 3.86. The summed E-state index contributed by atoms with van der Waals surface area (Å²) in [7, 11) is 3.47. The third-order valence-corrected chi connectivity index (χ3v) is 5.30. The van der Waals surface area contributed by atoms with Crippen LogP contribution in [0.3, 0.4) is 0 Å². The lowest BCUT2D eigenvalue weighted by Gasteiger charge is -2.18. The second-order valence-corrected chi connectivity index (χ2v) is 7.30. The van der Waals surface area contributed by atoms with Gasteiger partial charge in [-0.3, -0.25) is 14.0 Å². The van der Waals surface area contributed by atoms with Crippen LogP contribution in [0.1, 0.15) is 12.4 Å². The first kappa shape index (κ1) is 20.2. The van der Waals surface area contributed by atoms with E-state index in [0.717, 1.165) is 16.0 Å². The molecule has 4 aromatic rings. The molecule has 2 aromatic carbocycles. The molecule has 0 radical (unpaired) electrons. The number of fused-ring (bicyclic) bond motifs is 1. The number of methoxy groups -OCH3 is 1. The van der Waals surface area contributed by atoms with Crippen LogP contribution >= 0.6 is 12.2 Å². The highest BCUT2D eigenvalue weighted by molar-refractivity contribution is 7.71. The molecule has 0 aliphatic carbocycles. The maximum absolute atomic E-state index is 13.6. The van der Waals surface area contributed by atoms with Crippen LogP contribution in [0.4, 0.5) is 8.78 Å². The summed E-state index contributed by atoms with van der Waals surface area (Å²) >= 11 is 5.60. The Morgan fingerprint density at radius 2 is 1.83 bits per heavy atom. The van der Waals surface area contributed by atoms with Crippen molar-refractivity contribution in [3.63, 3.8) is 0 Å². The highest BCUT2D eigenvalue weighted by Gasteiger charge is 2.18. The van der Waals surface area contributed by atoms with Crippen LogP contribution in [0.2, 0.25) is 0 Å². The van der Waals surface area contributed by atoms with Gasteiger partial charge in [-0.05, 0) is 55.7 Å². The van der Waals surface area contributed by atoms with Crippen LogP contribution in [-0.4, -0.2) is 37.7 Å². The fraction of sp³-hybridized carbons (Fsp3) is 0.238. The first-order chi connectivity index (χ1) is 14.5. The summed E-state index contributed by atoms with van der Waals surface area (Å²) in [4.78, 5) is 6.29. The molecule has 0 unspecified atom stereocenters. The summed E-state index contributed by atoms with van der Waals surface area (Å²) in [5.41, 5.74) is 1.91. The minimum Gasteiger partial charge on any atom is -0.497 e. The number of hydrogen-bond acceptors (Lipinski definition) is 4. The lowest BCUT2D eigenvalue weighted by molar-refractivity contribution is 0.0682. The van der Waals surface area contributed by atoms with Crippen molar-refractivity contribution in [2.75, 3.05) is 14.2 Å². The molecule has 0 bridgehead atoms. The van der Waals surface area contributed by atoms with Crippen molar-refractivity contribution in [3.8, 4) is 11.4 Å². The van der Waals surface area contributed by atoms with Crippen molar-refractivity contribution >= 4 is 23.3 Å². The second-order valence-electron chi connectivity index (χ2n) is 6.94. The van der Waals surface area contributed by atoms with E-state index in [0.29, 0.717) is 28.3 Å². The Morgan fingerprint density at radius 1 is 1.10 bits per heavy atom. The molecule has 0 spiro atoms. The molecular weight excluding hydrogens is 408 g/mol. The van der Waals surface area contributed by atoms with Crippen LogP contribution in [-0.2, 0) is 13.2 Å². The Balaban J connectivity index is 1.54. The van der Waals surface area contributed by atoms with Gasteiger partial charge in [0.2, 0.25) is 0 Å². The average Bonchev–Trinajstić information content (AvgIpc) is 3.28. The molecule has 0 saturated heterocycles. The molecule has 156 valence electrons. The quantitative estimate of drug-likeness (QED) is 0.394. The Labute approximate surface area is 177 Å². The lowest BCUT2D eigenvalue weighted by atomic mass is 10.3. The van der Waals surface area contributed by atoms with Crippen LogP contribution in [0, 0.1) is 4.77 Å². The van der Waals surface area contributed by atoms with E-state index in [2.05, 4.69) is 4.98 Å². The Bertz CT molecular complexity index is 1210. The SMILES string of the molecule is COc1ccc(-n2ccn(CN(C)Cc3nc4ccccc4n3C(F)F)c2=S)cc1. The molecule has 6 nitrogen and oxygen atoms in total. The van der Waals surface area contributed by atoms with Crippen molar-refractivity contribution in [1.29, 1.82) is 0 Å². The fourth-order valence-electron chi connectivity index (χ4n) is 3.44. The number of hydrogen-bond donors (Lipinski definition) is 0. The molecule has 30 heavy (non-hydrogen) atoms. The number of para-hydroxylation sites is 2. The number of ether oxygens (including phenoxy) is 1. The molecule has 0 aliphatic heterocycles. The molecule has 0 aliphatic rings. The Morgan fingerprint density at radius 3 is 2.53 bits per heavy atom. The van der Waals surface area contributed by atoms with Crippen LogP contribution in [0.25, 0.3) is 16.7 Å². The maximum atomic E-state index is 13.6. The van der Waals surface area contributed by atoms with Gasteiger partial charge in [0.15, 0.2) is 4.77 Å². The van der Waals surface area contributed by atoms with Gasteiger partial charge in [-0.25, -0.2) is 4.98 Å². The summed E-state index contributed by atoms with van der Waals surface area (Å²) in [6, 6.07) is 14.5. The smallest absolute Gasteiger partial charge is 0.320 e. The summed E-state index contributed by atoms with van der Waals surface area (Å²) < 4.78 is 37.8. The number of rotatable bonds is 7. The Kier molecular flexibility index (Phi) is 5.65. The number of halogens is 2. The lowest BCUT2D eigenvalue weighted by Crippen LogP contribution is -2.23. The normalized spacial score (nSPS) is 11.7. The zero-order valence-corrected chi connectivity index (χ0v) is 17.4. The predicted molar refractivity (Wildman–Crippen MR) is 114 cm³/mol. The maximum Gasteiger partial charge on any atom is 0.320 e. The third-order valence-electron chi connectivity index (χ3n) is 4.87. The largest absolute Gasteiger partial charge is 0.497 e. The number of benzene rings is 2. The van der Waals surface area contributed by atoms with Gasteiger partial charge < -0.3 is 9.30 Å². The van der Waals surface area contributed by atoms with Crippen LogP contribution < -0.4 is 4.74 Å². The second kappa shape index (κ2) is 8.37. The molecule has 4 rings (SSSR count). The van der Waals surface area contributed by atoms with Gasteiger partial charge in [0.1, 0.15) is 11.6 Å². The molecule has 0 saturated carbocycles. The van der Waals surface area contributed by atoms with E-state index in [1.807, 2.05) is 57.7 Å². The van der Waals surface area contributed by atoms with E-state index < -0.39 is 6.55 Å². The van der Waals surface area contributed by atoms with Gasteiger partial charge in [-0.1, -0.05) is 12.1 Å². The molecule has 9 heteroatoms. The minimum absolute atomic E-state index is 0.258. The summed E-state index contributed by atoms with van der Waals surface area (Å²) in [6.45, 7) is -1.96. The average molecular weight is 429 g/mol. The standard InChI is InChI=1S/C21H21F2N5OS/c1-25(13-19-24-17-5-3-4-6-18(17)28(19)20(22)23)14-26-11-12-27(21(26)30)15-7-9-16(29-2)10-8-15/h3-12,20H,13-14H2,1-2H3. The summed E-state index contributed by atoms with van der Waals surface area (Å²) in [6.07, 6.45) is 3.76. The van der Waals surface area contributed by atoms with Crippen molar-refractivity contribution in [3.05, 3.63) is 71.5 Å². The molecule has 0 amide bonds. The van der Waals surface area contributed by atoms with Crippen molar-refractivity contribution in [2.24, 2.45) is 0 Å². The highest BCUT2D eigenvalue weighted by atomic mass is 32.1. The molecule has 0 fully saturated rings. The topological polar surface area (TPSA) is 40.1 Å². The first-order valence-electron chi connectivity index (χ1n) is 9.32. The van der Waals surface area contributed by atoms with E-state index in [1.165, 1.54) is 0 Å². The highest BCUT2D eigenvalue weighted by Crippen LogP contribution is 2.24. The summed E-state index contributed by atoms with van der Waals surface area (Å²) in [5.74, 6) is 1.08. The van der Waals surface area contributed by atoms with Crippen molar-refractivity contribution in [1.82, 2.24) is 23.6 Å². The van der Waals surface area contributed by atoms with Crippen molar-refractivity contribution < 1.29 is 13.5 Å². The van der Waals surface area contributed by atoms with Gasteiger partial charge in [0.05, 0.1) is 31.4 Å². The van der Waals surface area contributed by atoms with Gasteiger partial charge >= 0.3 is 6.55 Å². The van der Waals surface area contributed by atoms with Gasteiger partial charge in [0.25, 0.3) is 0 Å². The minimum atomic E-state index is -2.65. The van der Waals surface area contributed by atoms with E-state index in [9.17, 15) is 8.78 Å². The first-order valence-corrected chi connectivity index (χ1v) is 9.73. The molecule has 0 N–H and O–H groups in total. The number of alkyl halides is 2. The van der Waals surface area contributed by atoms with Crippen LogP contribution in [0.5, 0.6) is 5.75 Å². The zero-order chi connectivity index (χ0) is 21.3. The van der Waals surface area contributed by atoms with E-state index in [-0.39, 0.29) is 6.54 Å². The zero-order valence-electron chi connectivity index (χ0n) is 16.6. The molecule has 2 aromatic heterocycles. The van der Waals surface area contributed by atoms with Gasteiger partial charge in [0, 0.05) is 18.1 Å². The van der Waals surface area contributed by atoms with E-state index in [4.69, 9.17) is 17.0 Å². The fourth-order valence-corrected chi connectivity index (χ4v) is 3.72.